The molecule has 0 fully saturated rings. The normalized spacial score (nSPS) is 11.9. The number of hydrogen-bond donors (Lipinski definition) is 2. The number of aromatic amines is 1. The maximum atomic E-state index is 13.6. The van der Waals surface area contributed by atoms with Gasteiger partial charge in [0.1, 0.15) is 17.2 Å². The van der Waals surface area contributed by atoms with E-state index in [9.17, 15) is 27.5 Å². The molecule has 0 amide bonds. The average molecular weight is 424 g/mol. The third kappa shape index (κ3) is 3.23. The molecule has 29 heavy (non-hydrogen) atoms. The largest absolute Gasteiger partial charge is 0.507 e. The Morgan fingerprint density at radius 3 is 2.38 bits per heavy atom. The first-order chi connectivity index (χ1) is 13.7. The summed E-state index contributed by atoms with van der Waals surface area (Å²) in [6.07, 6.45) is -3.69. The molecule has 0 saturated carbocycles. The van der Waals surface area contributed by atoms with E-state index in [1.807, 2.05) is 0 Å². The quantitative estimate of drug-likeness (QED) is 0.452. The zero-order valence-corrected chi connectivity index (χ0v) is 15.0. The second-order valence-electron chi connectivity index (χ2n) is 6.16. The molecule has 148 valence electrons. The lowest BCUT2D eigenvalue weighted by Gasteiger charge is -2.07. The molecule has 4 rings (SSSR count). The second-order valence-corrected chi connectivity index (χ2v) is 6.59. The number of phenols is 1. The number of rotatable bonds is 2. The van der Waals surface area contributed by atoms with Gasteiger partial charge in [-0.3, -0.25) is 4.79 Å². The third-order valence-corrected chi connectivity index (χ3v) is 4.56. The van der Waals surface area contributed by atoms with Crippen molar-refractivity contribution in [2.24, 2.45) is 0 Å². The number of fused-ring (bicyclic) bond motifs is 1. The fourth-order valence-electron chi connectivity index (χ4n) is 3.03. The van der Waals surface area contributed by atoms with E-state index in [0.29, 0.717) is 9.54 Å². The Morgan fingerprint density at radius 1 is 1.07 bits per heavy atom. The first-order valence-corrected chi connectivity index (χ1v) is 8.51. The number of benzene rings is 2. The van der Waals surface area contributed by atoms with Crippen LogP contribution in [-0.2, 0) is 6.18 Å². The number of nitrogens with one attached hydrogen (secondary N) is 1. The maximum absolute atomic E-state index is 13.6. The minimum atomic E-state index is -4.83. The Morgan fingerprint density at radius 2 is 1.76 bits per heavy atom. The molecular formula is C19H10ClF4N3O2. The van der Waals surface area contributed by atoms with Crippen LogP contribution in [0.25, 0.3) is 27.9 Å². The monoisotopic (exact) mass is 423 g/mol. The molecule has 10 heteroatoms. The average Bonchev–Trinajstić information content (AvgIpc) is 3.04. The number of phenolic OH excluding ortho intramolecular Hbond substituents is 1. The molecule has 2 N–H and O–H groups in total. The van der Waals surface area contributed by atoms with Gasteiger partial charge in [-0.2, -0.15) is 22.8 Å². The van der Waals surface area contributed by atoms with Crippen LogP contribution in [0, 0.1) is 5.82 Å². The predicted octanol–water partition coefficient (Wildman–Crippen LogP) is 4.87. The second kappa shape index (κ2) is 6.63. The van der Waals surface area contributed by atoms with Crippen molar-refractivity contribution < 1.29 is 22.7 Å². The van der Waals surface area contributed by atoms with Gasteiger partial charge in [-0.15, -0.1) is 0 Å². The number of aromatic hydroxyl groups is 1. The molecule has 5 nitrogen and oxygen atoms in total. The minimum absolute atomic E-state index is 0.0494. The Kier molecular flexibility index (Phi) is 4.34. The number of aromatic nitrogens is 3. The van der Waals surface area contributed by atoms with Gasteiger partial charge in [0, 0.05) is 22.8 Å². The number of halogens is 5. The fraction of sp³-hybridized carbons (Fsp3) is 0.0526. The number of nitrogens with zero attached hydrogens (tertiary/aromatic N) is 2. The van der Waals surface area contributed by atoms with Gasteiger partial charge in [0.05, 0.1) is 11.1 Å². The fourth-order valence-corrected chi connectivity index (χ4v) is 3.15. The molecule has 0 saturated heterocycles. The number of hydrogen-bond acceptors (Lipinski definition) is 3. The SMILES string of the molecule is O=c1c(-c2ccc(F)cc2O)c[nH]c2c(-c3ccc(Cl)cc3)c(C(F)(F)F)nn12. The van der Waals surface area contributed by atoms with E-state index in [0.717, 1.165) is 24.4 Å². The van der Waals surface area contributed by atoms with Gasteiger partial charge in [-0.1, -0.05) is 23.7 Å². The number of H-pyrrole nitrogens is 1. The van der Waals surface area contributed by atoms with E-state index in [2.05, 4.69) is 10.1 Å². The molecule has 0 atom stereocenters. The highest BCUT2D eigenvalue weighted by Gasteiger charge is 2.39. The van der Waals surface area contributed by atoms with Crippen LogP contribution in [-0.4, -0.2) is 19.7 Å². The Hall–Kier alpha value is -3.33. The highest BCUT2D eigenvalue weighted by molar-refractivity contribution is 6.30. The topological polar surface area (TPSA) is 70.4 Å². The van der Waals surface area contributed by atoms with E-state index in [-0.39, 0.29) is 27.9 Å². The van der Waals surface area contributed by atoms with Gasteiger partial charge in [-0.05, 0) is 29.8 Å². The van der Waals surface area contributed by atoms with Crippen LogP contribution >= 0.6 is 11.6 Å². The van der Waals surface area contributed by atoms with Gasteiger partial charge in [-0.25, -0.2) is 4.39 Å². The summed E-state index contributed by atoms with van der Waals surface area (Å²) in [6.45, 7) is 0. The van der Waals surface area contributed by atoms with Crippen LogP contribution in [0.15, 0.2) is 53.5 Å². The summed E-state index contributed by atoms with van der Waals surface area (Å²) < 4.78 is 54.6. The zero-order chi connectivity index (χ0) is 20.9. The molecule has 0 aliphatic heterocycles. The van der Waals surface area contributed by atoms with E-state index < -0.39 is 29.0 Å². The van der Waals surface area contributed by atoms with Crippen molar-refractivity contribution >= 4 is 17.2 Å². The number of alkyl halides is 3. The first-order valence-electron chi connectivity index (χ1n) is 8.13. The van der Waals surface area contributed by atoms with Crippen molar-refractivity contribution in [1.29, 1.82) is 0 Å². The summed E-state index contributed by atoms with van der Waals surface area (Å²) in [7, 11) is 0. The lowest BCUT2D eigenvalue weighted by Crippen LogP contribution is -2.18. The van der Waals surface area contributed by atoms with Crippen molar-refractivity contribution in [1.82, 2.24) is 14.6 Å². The summed E-state index contributed by atoms with van der Waals surface area (Å²) in [5.41, 5.74) is -2.73. The van der Waals surface area contributed by atoms with Gasteiger partial charge >= 0.3 is 6.18 Å². The molecule has 2 heterocycles. The van der Waals surface area contributed by atoms with Crippen molar-refractivity contribution in [3.63, 3.8) is 0 Å². The summed E-state index contributed by atoms with van der Waals surface area (Å²) in [5.74, 6) is -1.26. The van der Waals surface area contributed by atoms with Crippen molar-refractivity contribution in [2.75, 3.05) is 0 Å². The van der Waals surface area contributed by atoms with Crippen LogP contribution < -0.4 is 5.56 Å². The molecule has 0 spiro atoms. The lowest BCUT2D eigenvalue weighted by molar-refractivity contribution is -0.140. The molecule has 0 unspecified atom stereocenters. The standard InChI is InChI=1S/C19H10ClF4N3O2/c20-10-3-1-9(2-4-10)15-16(19(22,23)24)26-27-17(15)25-8-13(18(27)29)12-6-5-11(21)7-14(12)28/h1-8,25,28H. The van der Waals surface area contributed by atoms with Crippen molar-refractivity contribution in [3.8, 4) is 28.0 Å². The van der Waals surface area contributed by atoms with Gasteiger partial charge in [0.25, 0.3) is 5.56 Å². The first kappa shape index (κ1) is 19.0. The van der Waals surface area contributed by atoms with Crippen LogP contribution in [0.1, 0.15) is 5.69 Å². The van der Waals surface area contributed by atoms with Gasteiger partial charge in [0.2, 0.25) is 0 Å². The van der Waals surface area contributed by atoms with E-state index in [1.165, 1.54) is 24.3 Å². The van der Waals surface area contributed by atoms with E-state index in [4.69, 9.17) is 11.6 Å². The Labute approximate surface area is 164 Å². The molecule has 4 aromatic rings. The third-order valence-electron chi connectivity index (χ3n) is 4.31. The Bertz CT molecular complexity index is 1290. The molecule has 0 bridgehead atoms. The molecule has 0 radical (unpaired) electrons. The van der Waals surface area contributed by atoms with Gasteiger partial charge < -0.3 is 10.1 Å². The van der Waals surface area contributed by atoms with E-state index in [1.54, 1.807) is 0 Å². The minimum Gasteiger partial charge on any atom is -0.507 e. The lowest BCUT2D eigenvalue weighted by atomic mass is 10.1. The highest BCUT2D eigenvalue weighted by atomic mass is 35.5. The smallest absolute Gasteiger partial charge is 0.435 e. The van der Waals surface area contributed by atoms with Crippen molar-refractivity contribution in [2.45, 2.75) is 6.18 Å². The summed E-state index contributed by atoms with van der Waals surface area (Å²) >= 11 is 5.81. The molecule has 2 aromatic heterocycles. The summed E-state index contributed by atoms with van der Waals surface area (Å²) in [5, 5.41) is 13.7. The van der Waals surface area contributed by atoms with Crippen LogP contribution in [0.3, 0.4) is 0 Å². The molecule has 2 aromatic carbocycles. The van der Waals surface area contributed by atoms with Crippen LogP contribution in [0.5, 0.6) is 5.75 Å². The van der Waals surface area contributed by atoms with Gasteiger partial charge in [0.15, 0.2) is 5.69 Å². The molecular weight excluding hydrogens is 414 g/mol. The van der Waals surface area contributed by atoms with E-state index >= 15 is 0 Å². The molecule has 0 aliphatic carbocycles. The predicted molar refractivity (Wildman–Crippen MR) is 98.3 cm³/mol. The summed E-state index contributed by atoms with van der Waals surface area (Å²) in [6, 6.07) is 8.56. The van der Waals surface area contributed by atoms with Crippen LogP contribution in [0.2, 0.25) is 5.02 Å². The zero-order valence-electron chi connectivity index (χ0n) is 14.3. The summed E-state index contributed by atoms with van der Waals surface area (Å²) in [4.78, 5) is 15.5. The highest BCUT2D eigenvalue weighted by Crippen LogP contribution is 2.38. The van der Waals surface area contributed by atoms with Crippen molar-refractivity contribution in [3.05, 3.63) is 75.5 Å². The maximum Gasteiger partial charge on any atom is 0.435 e. The molecule has 0 aliphatic rings. The Balaban J connectivity index is 2.03. The van der Waals surface area contributed by atoms with Crippen LogP contribution in [0.4, 0.5) is 17.6 Å².